The molecule has 0 saturated carbocycles. The normalized spacial score (nSPS) is 34.9. The van der Waals surface area contributed by atoms with Gasteiger partial charge in [0.25, 0.3) is 27.8 Å². The number of rotatable bonds is 26. The van der Waals surface area contributed by atoms with Crippen molar-refractivity contribution in [2.24, 2.45) is 0 Å². The number of ether oxygens (including phenoxy) is 8. The average molecular weight is 1720 g/mol. The smallest absolute Gasteiger partial charge is 0.330 e. The van der Waals surface area contributed by atoms with Crippen LogP contribution in [0.15, 0.2) is 64.9 Å². The highest BCUT2D eigenvalue weighted by molar-refractivity contribution is 8.08. The summed E-state index contributed by atoms with van der Waals surface area (Å²) in [6, 6.07) is 0. The monoisotopic (exact) mass is 1720 g/mol. The van der Waals surface area contributed by atoms with Gasteiger partial charge in [0.1, 0.15) is 77.8 Å². The molecule has 54 heteroatoms. The first kappa shape index (κ1) is 79.6. The van der Waals surface area contributed by atoms with Crippen molar-refractivity contribution >= 4 is 119 Å². The lowest BCUT2D eigenvalue weighted by molar-refractivity contribution is -0.218. The molecule has 8 aliphatic heterocycles. The fraction of sp³-hybridized carbons (Fsp3) is 0.603. The molecule has 8 saturated heterocycles. The van der Waals surface area contributed by atoms with Crippen LogP contribution in [-0.4, -0.2) is 225 Å². The van der Waals surface area contributed by atoms with Gasteiger partial charge < -0.3 is 106 Å². The van der Waals surface area contributed by atoms with Crippen LogP contribution in [0.4, 0.5) is 11.9 Å². The third-order valence-electron chi connectivity index (χ3n) is 21.1. The standard InChI is InChI=1S/C58H72N18O28P4S4/c1-8-26-27(9-31(96-26)74-17-61-33-42(74)66-52(59)68-47(33)81)101-105(85,109)89-13-29-28(10-30(97-29)72-11-20(2)44(78)70-54(72)83)102-106(86,110)91-15-57-23(5)94-36(50(99-57)73-12-21(3)45(79)71-55(73)84)39(57)103-108(88,112)92-16-58-24(6)95-37(51(100-58)76-19-63-34-43(76)67-53(60)69-48(34)82)40(58)104-107(87,111)90-14-56-22(4)93-35(38(56)77)49(98-56)75-18-62-32-41(75)64-25(7)65-46(32)80/h11-12,17-19,22-24,26-31,35-40,49-51,77H,8-10,13-16H2,1-7H3,(H,85,109)(H,86,110)(H,87,111)(H,88,112)(H,64,65,80)(H,70,78,83)(H,71,79,84)(H3,59,66,68,81)(H3,60,67,69,82)/t22-,23-,24-,26+,27?,28?,29+,30+,31+,35-,36-,37-,38?,39?,40?,49+,50+,51+,56-,57-,58-,105?,106?,107?,108?/m0/s1. The summed E-state index contributed by atoms with van der Waals surface area (Å²) in [5.41, 5.74) is 0.915. The SMILES string of the molecule is CC[C@H]1O[C@@H](n2cnc3c(=O)[nH]c(N)nc32)CC1OP(O)(=S)OC[C@H]1O[C@@H](n2cc(C)c(=O)[nH]c2=O)CC1OP(O)(=S)OC[C@]12O[C@@H](n3cc(C)c(=O)[nH]c3=O)[C@@H](O[C@H]1C)C2OP(O)(=S)OC[C@]12O[C@@H](n3cnc4c(=O)[nH]c(N)nc43)[C@@H](O[C@H]1C)C2OP(O)(=S)OC[C@]12O[C@@H](n3cnc4c(=O)[nH]c(C)nc43)[C@@H](O[C@H]1C)C2O. The summed E-state index contributed by atoms with van der Waals surface area (Å²) in [5, 5.41) is 11.9. The molecule has 25 atom stereocenters. The maximum Gasteiger partial charge on any atom is 0.330 e. The second kappa shape index (κ2) is 28.8. The molecular weight excluding hydrogens is 1650 g/mol. The van der Waals surface area contributed by atoms with E-state index in [1.807, 2.05) is 0 Å². The number of aliphatic hydroxyl groups is 1. The third kappa shape index (κ3) is 13.9. The van der Waals surface area contributed by atoms with E-state index in [1.54, 1.807) is 20.8 Å². The van der Waals surface area contributed by atoms with Gasteiger partial charge in [-0.3, -0.25) is 75.8 Å². The number of fused-ring (bicyclic) bond motifs is 9. The third-order valence-corrected chi connectivity index (χ3v) is 27.3. The molecule has 8 aromatic rings. The van der Waals surface area contributed by atoms with E-state index in [0.29, 0.717) is 6.42 Å². The number of aryl methyl sites for hydroxylation is 3. The number of aromatic amines is 5. The Balaban J connectivity index is 0.657. The fourth-order valence-electron chi connectivity index (χ4n) is 15.5. The van der Waals surface area contributed by atoms with Crippen LogP contribution < -0.4 is 50.6 Å². The van der Waals surface area contributed by atoms with Crippen molar-refractivity contribution in [3.63, 3.8) is 0 Å². The number of hydrogen-bond acceptors (Lipinski definition) is 36. The van der Waals surface area contributed by atoms with Gasteiger partial charge >= 0.3 is 38.3 Å². The van der Waals surface area contributed by atoms with Crippen molar-refractivity contribution in [2.75, 3.05) is 37.9 Å². The van der Waals surface area contributed by atoms with E-state index in [-0.39, 0.29) is 75.2 Å². The van der Waals surface area contributed by atoms with Crippen molar-refractivity contribution in [3.8, 4) is 0 Å². The number of anilines is 2. The van der Waals surface area contributed by atoms with Crippen LogP contribution >= 0.6 is 26.9 Å². The molecule has 16 heterocycles. The van der Waals surface area contributed by atoms with E-state index in [1.165, 1.54) is 72.8 Å². The fourth-order valence-corrected chi connectivity index (χ4v) is 21.3. The summed E-state index contributed by atoms with van der Waals surface area (Å²) in [4.78, 5) is 177. The highest BCUT2D eigenvalue weighted by Crippen LogP contribution is 2.63. The maximum atomic E-state index is 13.8. The Morgan fingerprint density at radius 3 is 1.43 bits per heavy atom. The number of nitrogen functional groups attached to an aromatic ring is 2. The van der Waals surface area contributed by atoms with Crippen molar-refractivity contribution in [1.82, 2.24) is 77.7 Å². The van der Waals surface area contributed by atoms with Crippen molar-refractivity contribution in [3.05, 3.63) is 121 Å². The number of hydrogen-bond donors (Lipinski definition) is 12. The van der Waals surface area contributed by atoms with E-state index >= 15 is 0 Å². The zero-order chi connectivity index (χ0) is 79.7. The first-order valence-electron chi connectivity index (χ1n) is 34.4. The Kier molecular flexibility index (Phi) is 20.5. The molecule has 0 radical (unpaired) electrons. The van der Waals surface area contributed by atoms with Gasteiger partial charge in [0, 0.05) is 36.4 Å². The van der Waals surface area contributed by atoms with Crippen molar-refractivity contribution in [2.45, 2.75) is 195 Å². The van der Waals surface area contributed by atoms with Crippen LogP contribution in [0, 0.1) is 20.8 Å². The zero-order valence-electron chi connectivity index (χ0n) is 59.4. The van der Waals surface area contributed by atoms with Crippen LogP contribution in [-0.2, 0) is 121 Å². The number of H-pyrrole nitrogens is 5. The molecule has 606 valence electrons. The van der Waals surface area contributed by atoms with Gasteiger partial charge in [0.05, 0.1) is 82.0 Å². The predicted octanol–water partition coefficient (Wildman–Crippen LogP) is -1.44. The minimum Gasteiger partial charge on any atom is -0.387 e. The topological polar surface area (TPSA) is 601 Å². The largest absolute Gasteiger partial charge is 0.387 e. The van der Waals surface area contributed by atoms with Crippen LogP contribution in [0.5, 0.6) is 0 Å². The van der Waals surface area contributed by atoms with Crippen LogP contribution in [0.25, 0.3) is 33.5 Å². The van der Waals surface area contributed by atoms with Gasteiger partial charge in [0.15, 0.2) is 52.2 Å². The molecule has 0 amide bonds. The Hall–Kier alpha value is -6.23. The Labute approximate surface area is 646 Å². The maximum absolute atomic E-state index is 13.8. The molecule has 0 aromatic carbocycles. The summed E-state index contributed by atoms with van der Waals surface area (Å²) in [6.45, 7) is -10.9. The summed E-state index contributed by atoms with van der Waals surface area (Å²) in [6.07, 6.45) is -16.1. The van der Waals surface area contributed by atoms with Crippen molar-refractivity contribution in [1.29, 1.82) is 0 Å². The Morgan fingerprint density at radius 2 is 0.893 bits per heavy atom. The molecule has 8 aliphatic rings. The molecule has 112 heavy (non-hydrogen) atoms. The number of imidazole rings is 3. The van der Waals surface area contributed by atoms with Crippen LogP contribution in [0.3, 0.4) is 0 Å². The van der Waals surface area contributed by atoms with E-state index in [2.05, 4.69) is 54.8 Å². The number of aromatic nitrogens is 16. The van der Waals surface area contributed by atoms with Gasteiger partial charge in [-0.2, -0.15) is 9.97 Å². The average Bonchev–Trinajstić information content (AvgIpc) is 1.56. The number of nitrogens with one attached hydrogen (secondary N) is 5. The van der Waals surface area contributed by atoms with Crippen LogP contribution in [0.1, 0.15) is 95.0 Å². The van der Waals surface area contributed by atoms with Gasteiger partial charge in [-0.05, 0) is 95.2 Å². The minimum absolute atomic E-state index is 0.00788. The van der Waals surface area contributed by atoms with Gasteiger partial charge in [-0.25, -0.2) is 29.5 Å². The molecule has 9 unspecified atom stereocenters. The van der Waals surface area contributed by atoms with Gasteiger partial charge in [-0.15, -0.1) is 0 Å². The van der Waals surface area contributed by atoms with E-state index in [0.717, 1.165) is 9.13 Å². The molecule has 46 nitrogen and oxygen atoms in total. The Morgan fingerprint density at radius 1 is 0.500 bits per heavy atom. The summed E-state index contributed by atoms with van der Waals surface area (Å²) in [7, 11) is 0. The second-order valence-electron chi connectivity index (χ2n) is 28.0. The van der Waals surface area contributed by atoms with Crippen LogP contribution in [0.2, 0.25) is 0 Å². The highest BCUT2D eigenvalue weighted by Gasteiger charge is 2.72. The van der Waals surface area contributed by atoms with Crippen molar-refractivity contribution < 1.29 is 98.8 Å². The molecule has 0 aliphatic carbocycles. The molecule has 6 bridgehead atoms. The summed E-state index contributed by atoms with van der Waals surface area (Å²) < 4.78 is 108. The van der Waals surface area contributed by atoms with E-state index < -0.39 is 220 Å². The molecule has 0 spiro atoms. The number of aliphatic hydroxyl groups excluding tert-OH is 1. The molecule has 8 fully saturated rings. The van der Waals surface area contributed by atoms with E-state index in [9.17, 15) is 58.2 Å². The molecular formula is C58H72N18O28P4S4. The van der Waals surface area contributed by atoms with Gasteiger partial charge in [0.2, 0.25) is 11.9 Å². The quantitative estimate of drug-likeness (QED) is 0.0276. The summed E-state index contributed by atoms with van der Waals surface area (Å²) >= 11 is 22.8. The lowest BCUT2D eigenvalue weighted by atomic mass is 9.94. The second-order valence-corrected chi connectivity index (χ2v) is 39.2. The van der Waals surface area contributed by atoms with Gasteiger partial charge in [-0.1, -0.05) is 6.92 Å². The zero-order valence-corrected chi connectivity index (χ0v) is 66.2. The van der Waals surface area contributed by atoms with E-state index in [4.69, 9.17) is 133 Å². The first-order valence-corrected chi connectivity index (χ1v) is 44.8. The number of nitrogens with two attached hydrogens (primary N) is 2. The molecule has 14 N–H and O–H groups in total. The number of nitrogens with zero attached hydrogens (tertiary/aromatic N) is 11. The molecule has 8 aromatic heterocycles. The predicted molar refractivity (Wildman–Crippen MR) is 394 cm³/mol. The summed E-state index contributed by atoms with van der Waals surface area (Å²) in [5.74, 6) is -0.208. The lowest BCUT2D eigenvalue weighted by Gasteiger charge is -2.39. The Bertz CT molecular complexity index is 5780. The first-order chi connectivity index (χ1) is 52.8. The molecule has 16 rings (SSSR count). The highest BCUT2D eigenvalue weighted by atomic mass is 32.5. The lowest BCUT2D eigenvalue weighted by Crippen LogP contribution is -2.52. The minimum atomic E-state index is -4.89.